The monoisotopic (exact) mass is 286 g/mol. The normalized spacial score (nSPS) is 24.2. The van der Waals surface area contributed by atoms with E-state index in [0.717, 1.165) is 31.9 Å². The Hall–Kier alpha value is -1.82. The summed E-state index contributed by atoms with van der Waals surface area (Å²) < 4.78 is 4.09. The molecule has 2 N–H and O–H groups in total. The van der Waals surface area contributed by atoms with Crippen molar-refractivity contribution >= 4 is 5.82 Å². The number of nitrogens with zero attached hydrogens (tertiary/aromatic N) is 4. The summed E-state index contributed by atoms with van der Waals surface area (Å²) in [5, 5.41) is 16.0. The van der Waals surface area contributed by atoms with E-state index in [-0.39, 0.29) is 0 Å². The van der Waals surface area contributed by atoms with Gasteiger partial charge in [0.05, 0.1) is 12.4 Å². The van der Waals surface area contributed by atoms with Crippen molar-refractivity contribution in [1.29, 1.82) is 0 Å². The van der Waals surface area contributed by atoms with Crippen LogP contribution in [0, 0.1) is 5.92 Å². The van der Waals surface area contributed by atoms with E-state index >= 15 is 0 Å². The average Bonchev–Trinajstić information content (AvgIpc) is 3.12. The molecule has 0 amide bonds. The van der Waals surface area contributed by atoms with Crippen molar-refractivity contribution < 1.29 is 0 Å². The van der Waals surface area contributed by atoms with Crippen molar-refractivity contribution in [1.82, 2.24) is 24.9 Å². The summed E-state index contributed by atoms with van der Waals surface area (Å²) >= 11 is 0. The number of hydrogen-bond donors (Lipinski definition) is 2. The molecule has 2 aromatic heterocycles. The molecule has 3 heterocycles. The molecule has 0 aromatic carbocycles. The molecule has 2 atom stereocenters. The second-order valence-corrected chi connectivity index (χ2v) is 6.17. The number of nitrogens with one attached hydrogen (secondary N) is 2. The van der Waals surface area contributed by atoms with Crippen LogP contribution in [0.1, 0.15) is 30.1 Å². The number of aryl methyl sites for hydroxylation is 1. The Morgan fingerprint density at radius 3 is 3.33 bits per heavy atom. The first-order chi connectivity index (χ1) is 10.3. The fraction of sp³-hybridized carbons (Fsp3) is 0.600. The molecule has 6 nitrogen and oxygen atoms in total. The summed E-state index contributed by atoms with van der Waals surface area (Å²) in [6.45, 7) is 3.03. The van der Waals surface area contributed by atoms with Crippen LogP contribution in [0.3, 0.4) is 0 Å². The van der Waals surface area contributed by atoms with Crippen molar-refractivity contribution in [2.45, 2.75) is 31.8 Å². The number of anilines is 1. The highest BCUT2D eigenvalue weighted by Gasteiger charge is 2.25. The van der Waals surface area contributed by atoms with Crippen LogP contribution in [0.25, 0.3) is 0 Å². The summed E-state index contributed by atoms with van der Waals surface area (Å²) in [5.41, 5.74) is 2.79. The van der Waals surface area contributed by atoms with Crippen LogP contribution in [-0.4, -0.2) is 32.7 Å². The molecule has 2 unspecified atom stereocenters. The summed E-state index contributed by atoms with van der Waals surface area (Å²) in [7, 11) is 2.05. The van der Waals surface area contributed by atoms with E-state index < -0.39 is 0 Å². The van der Waals surface area contributed by atoms with E-state index in [9.17, 15) is 0 Å². The minimum atomic E-state index is 0.460. The molecule has 1 aliphatic heterocycles. The molecule has 0 saturated carbocycles. The van der Waals surface area contributed by atoms with Crippen LogP contribution < -0.4 is 10.6 Å². The fourth-order valence-electron chi connectivity index (χ4n) is 3.55. The molecule has 4 rings (SSSR count). The van der Waals surface area contributed by atoms with Gasteiger partial charge in [0.25, 0.3) is 0 Å². The number of hydrogen-bond acceptors (Lipinski definition) is 4. The Bertz CT molecular complexity index is 628. The molecule has 1 aliphatic carbocycles. The van der Waals surface area contributed by atoms with Gasteiger partial charge in [0.15, 0.2) is 0 Å². The molecule has 21 heavy (non-hydrogen) atoms. The first-order valence-electron chi connectivity index (χ1n) is 7.81. The third-order valence-electron chi connectivity index (χ3n) is 4.75. The molecule has 112 valence electrons. The molecule has 0 fully saturated rings. The largest absolute Gasteiger partial charge is 0.370 e. The molecular formula is C15H22N6. The van der Waals surface area contributed by atoms with Crippen LogP contribution >= 0.6 is 0 Å². The topological polar surface area (TPSA) is 59.7 Å². The standard InChI is InChI=1S/C15H22N6/c1-20-14-4-2-3-13(12(14)9-19-20)16-7-11-8-17-15-5-6-18-21(15)10-11/h5-6,9,11,13,16-17H,2-4,7-8,10H2,1H3. The zero-order chi connectivity index (χ0) is 14.2. The molecule has 2 aliphatic rings. The lowest BCUT2D eigenvalue weighted by Gasteiger charge is -2.29. The fourth-order valence-corrected chi connectivity index (χ4v) is 3.55. The SMILES string of the molecule is Cn1ncc2c1CCCC2NCC1CNc2ccnn2C1. The van der Waals surface area contributed by atoms with Crippen LogP contribution in [0.15, 0.2) is 18.5 Å². The van der Waals surface area contributed by atoms with Gasteiger partial charge < -0.3 is 10.6 Å². The van der Waals surface area contributed by atoms with Crippen LogP contribution in [0.4, 0.5) is 5.82 Å². The van der Waals surface area contributed by atoms with Crippen molar-refractivity contribution in [3.63, 3.8) is 0 Å². The van der Waals surface area contributed by atoms with Gasteiger partial charge in [-0.1, -0.05) is 0 Å². The number of rotatable bonds is 3. The van der Waals surface area contributed by atoms with E-state index in [2.05, 4.69) is 25.5 Å². The van der Waals surface area contributed by atoms with Crippen molar-refractivity contribution in [2.75, 3.05) is 18.4 Å². The van der Waals surface area contributed by atoms with E-state index in [1.807, 2.05) is 30.2 Å². The number of fused-ring (bicyclic) bond motifs is 2. The van der Waals surface area contributed by atoms with Gasteiger partial charge in [-0.25, -0.2) is 4.68 Å². The lowest BCUT2D eigenvalue weighted by atomic mass is 9.92. The zero-order valence-corrected chi connectivity index (χ0v) is 12.4. The minimum absolute atomic E-state index is 0.460. The van der Waals surface area contributed by atoms with Gasteiger partial charge in [-0.15, -0.1) is 0 Å². The van der Waals surface area contributed by atoms with Gasteiger partial charge in [-0.3, -0.25) is 4.68 Å². The van der Waals surface area contributed by atoms with Gasteiger partial charge in [0.1, 0.15) is 5.82 Å². The minimum Gasteiger partial charge on any atom is -0.370 e. The second kappa shape index (κ2) is 5.18. The molecule has 0 spiro atoms. The van der Waals surface area contributed by atoms with Crippen LogP contribution in [0.2, 0.25) is 0 Å². The Kier molecular flexibility index (Phi) is 3.18. The van der Waals surface area contributed by atoms with Gasteiger partial charge in [-0.2, -0.15) is 10.2 Å². The third-order valence-corrected chi connectivity index (χ3v) is 4.75. The maximum Gasteiger partial charge on any atom is 0.124 e. The van der Waals surface area contributed by atoms with E-state index in [0.29, 0.717) is 12.0 Å². The predicted molar refractivity (Wildman–Crippen MR) is 81.1 cm³/mol. The Labute approximate surface area is 124 Å². The van der Waals surface area contributed by atoms with Gasteiger partial charge in [-0.05, 0) is 19.3 Å². The predicted octanol–water partition coefficient (Wildman–Crippen LogP) is 1.33. The summed E-state index contributed by atoms with van der Waals surface area (Å²) in [5.74, 6) is 1.72. The Morgan fingerprint density at radius 2 is 2.38 bits per heavy atom. The summed E-state index contributed by atoms with van der Waals surface area (Å²) in [6, 6.07) is 2.49. The van der Waals surface area contributed by atoms with E-state index in [1.165, 1.54) is 24.1 Å². The highest BCUT2D eigenvalue weighted by molar-refractivity contribution is 5.35. The molecule has 0 radical (unpaired) electrons. The van der Waals surface area contributed by atoms with Gasteiger partial charge in [0, 0.05) is 56.0 Å². The van der Waals surface area contributed by atoms with E-state index in [4.69, 9.17) is 0 Å². The average molecular weight is 286 g/mol. The maximum atomic E-state index is 4.42. The quantitative estimate of drug-likeness (QED) is 0.893. The second-order valence-electron chi connectivity index (χ2n) is 6.17. The highest BCUT2D eigenvalue weighted by Crippen LogP contribution is 2.29. The van der Waals surface area contributed by atoms with E-state index in [1.54, 1.807) is 0 Å². The van der Waals surface area contributed by atoms with Crippen molar-refractivity contribution in [3.8, 4) is 0 Å². The summed E-state index contributed by atoms with van der Waals surface area (Å²) in [6.07, 6.45) is 7.52. The first kappa shape index (κ1) is 12.9. The summed E-state index contributed by atoms with van der Waals surface area (Å²) in [4.78, 5) is 0. The van der Waals surface area contributed by atoms with Crippen molar-refractivity contribution in [3.05, 3.63) is 29.7 Å². The Morgan fingerprint density at radius 1 is 1.43 bits per heavy atom. The molecule has 0 saturated heterocycles. The van der Waals surface area contributed by atoms with Gasteiger partial charge in [0.2, 0.25) is 0 Å². The molecular weight excluding hydrogens is 264 g/mol. The van der Waals surface area contributed by atoms with Crippen LogP contribution in [-0.2, 0) is 20.0 Å². The molecule has 0 bridgehead atoms. The maximum absolute atomic E-state index is 4.42. The van der Waals surface area contributed by atoms with Gasteiger partial charge >= 0.3 is 0 Å². The van der Waals surface area contributed by atoms with Crippen molar-refractivity contribution in [2.24, 2.45) is 13.0 Å². The lowest BCUT2D eigenvalue weighted by Crippen LogP contribution is -2.37. The third kappa shape index (κ3) is 2.33. The Balaban J connectivity index is 1.40. The van der Waals surface area contributed by atoms with Crippen LogP contribution in [0.5, 0.6) is 0 Å². The molecule has 6 heteroatoms. The highest BCUT2D eigenvalue weighted by atomic mass is 15.3. The first-order valence-corrected chi connectivity index (χ1v) is 7.81. The lowest BCUT2D eigenvalue weighted by molar-refractivity contribution is 0.355. The molecule has 2 aromatic rings. The smallest absolute Gasteiger partial charge is 0.124 e. The number of aromatic nitrogens is 4. The zero-order valence-electron chi connectivity index (χ0n) is 12.4.